The minimum absolute atomic E-state index is 0.167. The second-order valence-corrected chi connectivity index (χ2v) is 7.87. The number of carbonyl (C=O) groups excluding carboxylic acids is 1. The number of hydrogen-bond acceptors (Lipinski definition) is 4. The first-order valence-corrected chi connectivity index (χ1v) is 10.3. The predicted molar refractivity (Wildman–Crippen MR) is 125 cm³/mol. The van der Waals surface area contributed by atoms with E-state index in [4.69, 9.17) is 0 Å². The normalized spacial score (nSPS) is 11.2. The van der Waals surface area contributed by atoms with Crippen molar-refractivity contribution in [2.45, 2.75) is 13.8 Å². The predicted octanol–water partition coefficient (Wildman–Crippen LogP) is 4.14. The Morgan fingerprint density at radius 2 is 1.72 bits per heavy atom. The molecule has 158 valence electrons. The van der Waals surface area contributed by atoms with Gasteiger partial charge in [0.05, 0.1) is 5.69 Å². The van der Waals surface area contributed by atoms with Gasteiger partial charge in [0.25, 0.3) is 11.5 Å². The number of aryl methyl sites for hydroxylation is 3. The summed E-state index contributed by atoms with van der Waals surface area (Å²) in [5.74, 6) is 0.00332. The van der Waals surface area contributed by atoms with E-state index >= 15 is 0 Å². The summed E-state index contributed by atoms with van der Waals surface area (Å²) in [6.45, 7) is 3.90. The second-order valence-electron chi connectivity index (χ2n) is 7.87. The van der Waals surface area contributed by atoms with E-state index in [0.717, 1.165) is 22.0 Å². The number of pyridine rings is 1. The van der Waals surface area contributed by atoms with E-state index in [0.29, 0.717) is 22.4 Å². The number of fused-ring (bicyclic) bond motifs is 3. The lowest BCUT2D eigenvalue weighted by Gasteiger charge is -2.11. The Morgan fingerprint density at radius 3 is 2.47 bits per heavy atom. The van der Waals surface area contributed by atoms with Gasteiger partial charge in [0, 0.05) is 29.5 Å². The lowest BCUT2D eigenvalue weighted by molar-refractivity contribution is 0.102. The van der Waals surface area contributed by atoms with E-state index in [1.54, 1.807) is 12.3 Å². The number of benzene rings is 2. The molecule has 5 rings (SSSR count). The number of hydrogen-bond donors (Lipinski definition) is 1. The van der Waals surface area contributed by atoms with Crippen molar-refractivity contribution >= 4 is 33.5 Å². The van der Waals surface area contributed by atoms with Crippen LogP contribution in [-0.2, 0) is 7.05 Å². The zero-order valence-electron chi connectivity index (χ0n) is 18.0. The molecule has 1 N–H and O–H groups in total. The minimum atomic E-state index is -0.426. The summed E-state index contributed by atoms with van der Waals surface area (Å²) in [5.41, 5.74) is 3.79. The molecule has 0 radical (unpaired) electrons. The molecule has 0 atom stereocenters. The highest BCUT2D eigenvalue weighted by Gasteiger charge is 2.23. The van der Waals surface area contributed by atoms with Gasteiger partial charge in [-0.3, -0.25) is 9.59 Å². The summed E-state index contributed by atoms with van der Waals surface area (Å²) >= 11 is 0. The Bertz CT molecular complexity index is 1560. The average molecular weight is 423 g/mol. The molecule has 2 aromatic carbocycles. The van der Waals surface area contributed by atoms with Gasteiger partial charge >= 0.3 is 0 Å². The molecule has 0 saturated heterocycles. The van der Waals surface area contributed by atoms with Crippen LogP contribution in [0, 0.1) is 13.8 Å². The van der Waals surface area contributed by atoms with Crippen LogP contribution in [0.25, 0.3) is 27.5 Å². The lowest BCUT2D eigenvalue weighted by Crippen LogP contribution is -2.27. The van der Waals surface area contributed by atoms with Gasteiger partial charge in [0.15, 0.2) is 5.69 Å². The number of amides is 1. The van der Waals surface area contributed by atoms with Crippen LogP contribution in [0.15, 0.2) is 71.7 Å². The first-order valence-electron chi connectivity index (χ1n) is 10.3. The number of nitrogens with one attached hydrogen (secondary N) is 1. The summed E-state index contributed by atoms with van der Waals surface area (Å²) in [4.78, 5) is 31.1. The van der Waals surface area contributed by atoms with Crippen molar-refractivity contribution in [3.05, 3.63) is 94.0 Å². The molecule has 0 fully saturated rings. The Balaban J connectivity index is 1.81. The molecule has 3 heterocycles. The average Bonchev–Trinajstić information content (AvgIpc) is 3.08. The first kappa shape index (κ1) is 19.7. The molecule has 0 spiro atoms. The number of rotatable bonds is 3. The third kappa shape index (κ3) is 3.15. The molecular weight excluding hydrogens is 402 g/mol. The van der Waals surface area contributed by atoms with Crippen LogP contribution < -0.4 is 10.9 Å². The Labute approximate surface area is 183 Å². The molecule has 0 aliphatic rings. The summed E-state index contributed by atoms with van der Waals surface area (Å²) < 4.78 is 3.11. The highest BCUT2D eigenvalue weighted by molar-refractivity contribution is 6.19. The summed E-state index contributed by atoms with van der Waals surface area (Å²) in [6.07, 6.45) is 1.64. The Morgan fingerprint density at radius 1 is 0.969 bits per heavy atom. The van der Waals surface area contributed by atoms with Crippen molar-refractivity contribution in [1.29, 1.82) is 0 Å². The van der Waals surface area contributed by atoms with E-state index in [1.807, 2.05) is 80.1 Å². The Hall–Kier alpha value is -4.26. The van der Waals surface area contributed by atoms with Crippen molar-refractivity contribution in [1.82, 2.24) is 19.3 Å². The maximum absolute atomic E-state index is 13.5. The zero-order chi connectivity index (χ0) is 22.4. The molecular formula is C25H21N5O2. The van der Waals surface area contributed by atoms with Crippen LogP contribution in [0.3, 0.4) is 0 Å². The number of anilines is 1. The zero-order valence-corrected chi connectivity index (χ0v) is 18.0. The highest BCUT2D eigenvalue weighted by atomic mass is 16.2. The van der Waals surface area contributed by atoms with E-state index < -0.39 is 5.91 Å². The minimum Gasteiger partial charge on any atom is -0.339 e. The monoisotopic (exact) mass is 423 g/mol. The third-order valence-electron chi connectivity index (χ3n) is 5.59. The molecule has 0 unspecified atom stereocenters. The topological polar surface area (TPSA) is 81.8 Å². The molecule has 0 aliphatic heterocycles. The molecule has 3 aromatic heterocycles. The van der Waals surface area contributed by atoms with Gasteiger partial charge in [-0.15, -0.1) is 0 Å². The first-order chi connectivity index (χ1) is 15.4. The van der Waals surface area contributed by atoms with Crippen LogP contribution >= 0.6 is 0 Å². The molecule has 1 amide bonds. The van der Waals surface area contributed by atoms with Crippen LogP contribution in [0.4, 0.5) is 5.82 Å². The van der Waals surface area contributed by atoms with Gasteiger partial charge < -0.3 is 9.88 Å². The number of aromatic nitrogens is 4. The maximum atomic E-state index is 13.5. The summed E-state index contributed by atoms with van der Waals surface area (Å²) in [7, 11) is 1.83. The fourth-order valence-electron chi connectivity index (χ4n) is 3.98. The quantitative estimate of drug-likeness (QED) is 0.473. The third-order valence-corrected chi connectivity index (χ3v) is 5.59. The second kappa shape index (κ2) is 7.46. The fourth-order valence-corrected chi connectivity index (χ4v) is 3.98. The molecule has 0 saturated carbocycles. The van der Waals surface area contributed by atoms with Crippen molar-refractivity contribution in [2.24, 2.45) is 7.05 Å². The van der Waals surface area contributed by atoms with E-state index in [2.05, 4.69) is 15.4 Å². The Kier molecular flexibility index (Phi) is 4.59. The van der Waals surface area contributed by atoms with Crippen LogP contribution in [-0.4, -0.2) is 25.2 Å². The van der Waals surface area contributed by atoms with Crippen LogP contribution in [0.2, 0.25) is 0 Å². The van der Waals surface area contributed by atoms with Gasteiger partial charge in [-0.2, -0.15) is 9.78 Å². The van der Waals surface area contributed by atoms with Crippen molar-refractivity contribution in [2.75, 3.05) is 5.32 Å². The standard InChI is InChI=1S/C25H21N5O2/c1-15-8-10-17(11-9-15)30-25(32)23-21(18-6-4-5-7-19(18)29(23)3)22(28-30)24(31)27-20-14-16(2)12-13-26-20/h4-14H,1-3H3,(H,26,27,31). The van der Waals surface area contributed by atoms with Gasteiger partial charge in [-0.25, -0.2) is 4.98 Å². The van der Waals surface area contributed by atoms with Crippen LogP contribution in [0.1, 0.15) is 21.6 Å². The van der Waals surface area contributed by atoms with E-state index in [1.165, 1.54) is 4.68 Å². The maximum Gasteiger partial charge on any atom is 0.296 e. The highest BCUT2D eigenvalue weighted by Crippen LogP contribution is 2.28. The van der Waals surface area contributed by atoms with Gasteiger partial charge in [-0.05, 0) is 49.7 Å². The summed E-state index contributed by atoms with van der Waals surface area (Å²) in [6, 6.07) is 18.7. The van der Waals surface area contributed by atoms with E-state index in [-0.39, 0.29) is 11.3 Å². The van der Waals surface area contributed by atoms with Crippen LogP contribution in [0.5, 0.6) is 0 Å². The molecule has 7 heteroatoms. The largest absolute Gasteiger partial charge is 0.339 e. The van der Waals surface area contributed by atoms with Crippen molar-refractivity contribution < 1.29 is 4.79 Å². The molecule has 0 bridgehead atoms. The van der Waals surface area contributed by atoms with Gasteiger partial charge in [-0.1, -0.05) is 35.9 Å². The smallest absolute Gasteiger partial charge is 0.296 e. The molecule has 32 heavy (non-hydrogen) atoms. The number of para-hydroxylation sites is 1. The van der Waals surface area contributed by atoms with Crippen molar-refractivity contribution in [3.63, 3.8) is 0 Å². The number of carbonyl (C=O) groups is 1. The SMILES string of the molecule is Cc1ccc(-n2nc(C(=O)Nc3cc(C)ccn3)c3c4ccccc4n(C)c3c2=O)cc1. The fraction of sp³-hybridized carbons (Fsp3) is 0.120. The van der Waals surface area contributed by atoms with Crippen molar-refractivity contribution in [3.8, 4) is 5.69 Å². The van der Waals surface area contributed by atoms with E-state index in [9.17, 15) is 9.59 Å². The molecule has 5 aromatic rings. The van der Waals surface area contributed by atoms with Gasteiger partial charge in [0.2, 0.25) is 0 Å². The summed E-state index contributed by atoms with van der Waals surface area (Å²) in [5, 5.41) is 8.70. The lowest BCUT2D eigenvalue weighted by atomic mass is 10.1. The number of nitrogens with zero attached hydrogens (tertiary/aromatic N) is 4. The van der Waals surface area contributed by atoms with Gasteiger partial charge in [0.1, 0.15) is 11.3 Å². The molecule has 0 aliphatic carbocycles. The molecule has 7 nitrogen and oxygen atoms in total.